The molecule has 22 heavy (non-hydrogen) atoms. The molecule has 3 aromatic rings. The van der Waals surface area contributed by atoms with Crippen molar-refractivity contribution < 1.29 is 9.15 Å². The average Bonchev–Trinajstić information content (AvgIpc) is 3.02. The molecule has 1 aromatic heterocycles. The number of halogens is 1. The first kappa shape index (κ1) is 14.4. The fourth-order valence-corrected chi connectivity index (χ4v) is 2.14. The molecule has 0 amide bonds. The van der Waals surface area contributed by atoms with Gasteiger partial charge in [0.2, 0.25) is 11.8 Å². The van der Waals surface area contributed by atoms with Crippen molar-refractivity contribution in [2.45, 2.75) is 0 Å². The van der Waals surface area contributed by atoms with Gasteiger partial charge in [0.15, 0.2) is 0 Å². The summed E-state index contributed by atoms with van der Waals surface area (Å²) in [5.74, 6) is 1.64. The molecule has 0 unspecified atom stereocenters. The SMILES string of the molecule is COc1ccc(C=Cc2nnc(-c3ccccc3Cl)o2)cc1. The van der Waals surface area contributed by atoms with Crippen molar-refractivity contribution in [3.63, 3.8) is 0 Å². The normalized spacial score (nSPS) is 11.0. The molecular formula is C17H13ClN2O2. The number of benzene rings is 2. The van der Waals surface area contributed by atoms with Crippen LogP contribution in [0, 0.1) is 0 Å². The summed E-state index contributed by atoms with van der Waals surface area (Å²) in [6.45, 7) is 0. The van der Waals surface area contributed by atoms with E-state index in [2.05, 4.69) is 10.2 Å². The minimum Gasteiger partial charge on any atom is -0.497 e. The van der Waals surface area contributed by atoms with Crippen molar-refractivity contribution in [2.24, 2.45) is 0 Å². The molecule has 2 aromatic carbocycles. The van der Waals surface area contributed by atoms with Gasteiger partial charge in [0.25, 0.3) is 0 Å². The van der Waals surface area contributed by atoms with Gasteiger partial charge in [-0.05, 0) is 35.9 Å². The van der Waals surface area contributed by atoms with Crippen LogP contribution in [0.1, 0.15) is 11.5 Å². The summed E-state index contributed by atoms with van der Waals surface area (Å²) in [4.78, 5) is 0. The Kier molecular flexibility index (Phi) is 4.21. The van der Waals surface area contributed by atoms with Crippen LogP contribution >= 0.6 is 11.6 Å². The number of aromatic nitrogens is 2. The lowest BCUT2D eigenvalue weighted by atomic mass is 10.2. The van der Waals surface area contributed by atoms with E-state index in [9.17, 15) is 0 Å². The Labute approximate surface area is 133 Å². The zero-order valence-electron chi connectivity index (χ0n) is 11.9. The van der Waals surface area contributed by atoms with E-state index in [1.807, 2.05) is 48.5 Å². The third-order valence-electron chi connectivity index (χ3n) is 3.08. The molecule has 0 fully saturated rings. The first-order valence-corrected chi connectivity index (χ1v) is 7.04. The Morgan fingerprint density at radius 2 is 1.77 bits per heavy atom. The summed E-state index contributed by atoms with van der Waals surface area (Å²) in [6, 6.07) is 15.0. The van der Waals surface area contributed by atoms with E-state index < -0.39 is 0 Å². The molecule has 0 aliphatic heterocycles. The second kappa shape index (κ2) is 6.45. The quantitative estimate of drug-likeness (QED) is 0.708. The standard InChI is InChI=1S/C17H13ClN2O2/c1-21-13-9-6-12(7-10-13)8-11-16-19-20-17(22-16)14-4-2-3-5-15(14)18/h2-11H,1H3. The van der Waals surface area contributed by atoms with Gasteiger partial charge in [0.05, 0.1) is 17.7 Å². The molecule has 0 aliphatic rings. The molecule has 110 valence electrons. The number of rotatable bonds is 4. The number of methoxy groups -OCH3 is 1. The van der Waals surface area contributed by atoms with E-state index in [-0.39, 0.29) is 0 Å². The van der Waals surface area contributed by atoms with Crippen molar-refractivity contribution >= 4 is 23.8 Å². The Balaban J connectivity index is 1.79. The number of nitrogens with zero attached hydrogens (tertiary/aromatic N) is 2. The van der Waals surface area contributed by atoms with E-state index in [0.717, 1.165) is 16.9 Å². The summed E-state index contributed by atoms with van der Waals surface area (Å²) in [6.07, 6.45) is 3.65. The Hall–Kier alpha value is -2.59. The lowest BCUT2D eigenvalue weighted by Gasteiger charge is -1.98. The summed E-state index contributed by atoms with van der Waals surface area (Å²) >= 11 is 6.11. The third-order valence-corrected chi connectivity index (χ3v) is 3.41. The van der Waals surface area contributed by atoms with E-state index in [4.69, 9.17) is 20.8 Å². The van der Waals surface area contributed by atoms with Crippen LogP contribution in [0.3, 0.4) is 0 Å². The van der Waals surface area contributed by atoms with Crippen LogP contribution < -0.4 is 4.74 Å². The molecule has 0 saturated carbocycles. The maximum atomic E-state index is 6.11. The maximum absolute atomic E-state index is 6.11. The number of hydrogen-bond acceptors (Lipinski definition) is 4. The van der Waals surface area contributed by atoms with Gasteiger partial charge in [-0.15, -0.1) is 10.2 Å². The van der Waals surface area contributed by atoms with Crippen molar-refractivity contribution in [2.75, 3.05) is 7.11 Å². The Bertz CT molecular complexity index is 794. The first-order chi connectivity index (χ1) is 10.8. The van der Waals surface area contributed by atoms with Crippen LogP contribution in [0.25, 0.3) is 23.6 Å². The summed E-state index contributed by atoms with van der Waals surface area (Å²) in [7, 11) is 1.64. The lowest BCUT2D eigenvalue weighted by molar-refractivity contribution is 0.415. The molecule has 0 bridgehead atoms. The number of hydrogen-bond donors (Lipinski definition) is 0. The van der Waals surface area contributed by atoms with Crippen LogP contribution in [0.2, 0.25) is 5.02 Å². The topological polar surface area (TPSA) is 48.2 Å². The van der Waals surface area contributed by atoms with Gasteiger partial charge in [-0.1, -0.05) is 35.9 Å². The minimum atomic E-state index is 0.403. The summed E-state index contributed by atoms with van der Waals surface area (Å²) < 4.78 is 10.7. The molecule has 0 saturated heterocycles. The highest BCUT2D eigenvalue weighted by Crippen LogP contribution is 2.26. The van der Waals surface area contributed by atoms with Crippen molar-refractivity contribution in [3.8, 4) is 17.2 Å². The zero-order chi connectivity index (χ0) is 15.4. The molecule has 5 heteroatoms. The number of ether oxygens (including phenoxy) is 1. The van der Waals surface area contributed by atoms with Gasteiger partial charge in [0, 0.05) is 6.08 Å². The fourth-order valence-electron chi connectivity index (χ4n) is 1.93. The molecule has 4 nitrogen and oxygen atoms in total. The molecular weight excluding hydrogens is 300 g/mol. The monoisotopic (exact) mass is 312 g/mol. The molecule has 0 spiro atoms. The minimum absolute atomic E-state index is 0.403. The highest BCUT2D eigenvalue weighted by molar-refractivity contribution is 6.33. The molecule has 0 aliphatic carbocycles. The van der Waals surface area contributed by atoms with Crippen LogP contribution in [-0.4, -0.2) is 17.3 Å². The molecule has 0 N–H and O–H groups in total. The smallest absolute Gasteiger partial charge is 0.249 e. The molecule has 1 heterocycles. The van der Waals surface area contributed by atoms with Crippen molar-refractivity contribution in [3.05, 3.63) is 65.0 Å². The highest BCUT2D eigenvalue weighted by Gasteiger charge is 2.09. The van der Waals surface area contributed by atoms with Crippen molar-refractivity contribution in [1.29, 1.82) is 0 Å². The van der Waals surface area contributed by atoms with E-state index in [1.165, 1.54) is 0 Å². The first-order valence-electron chi connectivity index (χ1n) is 6.67. The average molecular weight is 313 g/mol. The predicted octanol–water partition coefficient (Wildman–Crippen LogP) is 4.57. The second-order valence-corrected chi connectivity index (χ2v) is 4.94. The van der Waals surface area contributed by atoms with Crippen LogP contribution in [0.15, 0.2) is 52.9 Å². The van der Waals surface area contributed by atoms with Gasteiger partial charge >= 0.3 is 0 Å². The van der Waals surface area contributed by atoms with E-state index >= 15 is 0 Å². The largest absolute Gasteiger partial charge is 0.497 e. The van der Waals surface area contributed by atoms with E-state index in [0.29, 0.717) is 16.8 Å². The van der Waals surface area contributed by atoms with E-state index in [1.54, 1.807) is 19.3 Å². The molecule has 0 atom stereocenters. The summed E-state index contributed by atoms with van der Waals surface area (Å²) in [5, 5.41) is 8.59. The van der Waals surface area contributed by atoms with Crippen LogP contribution in [0.4, 0.5) is 0 Å². The van der Waals surface area contributed by atoms with Gasteiger partial charge in [-0.3, -0.25) is 0 Å². The summed E-state index contributed by atoms with van der Waals surface area (Å²) in [5.41, 5.74) is 1.74. The Morgan fingerprint density at radius 3 is 2.50 bits per heavy atom. The molecule has 0 radical (unpaired) electrons. The van der Waals surface area contributed by atoms with Crippen LogP contribution in [-0.2, 0) is 0 Å². The molecule has 3 rings (SSSR count). The zero-order valence-corrected chi connectivity index (χ0v) is 12.6. The predicted molar refractivity (Wildman–Crippen MR) is 86.7 cm³/mol. The van der Waals surface area contributed by atoms with Crippen molar-refractivity contribution in [1.82, 2.24) is 10.2 Å². The third kappa shape index (κ3) is 3.18. The lowest BCUT2D eigenvalue weighted by Crippen LogP contribution is -1.81. The van der Waals surface area contributed by atoms with Gasteiger partial charge in [0.1, 0.15) is 5.75 Å². The maximum Gasteiger partial charge on any atom is 0.249 e. The van der Waals surface area contributed by atoms with Gasteiger partial charge < -0.3 is 9.15 Å². The highest BCUT2D eigenvalue weighted by atomic mass is 35.5. The fraction of sp³-hybridized carbons (Fsp3) is 0.0588. The van der Waals surface area contributed by atoms with Gasteiger partial charge in [-0.2, -0.15) is 0 Å². The van der Waals surface area contributed by atoms with Crippen LogP contribution in [0.5, 0.6) is 5.75 Å². The van der Waals surface area contributed by atoms with Gasteiger partial charge in [-0.25, -0.2) is 0 Å². The Morgan fingerprint density at radius 1 is 1.00 bits per heavy atom. The second-order valence-electron chi connectivity index (χ2n) is 4.53.